The maximum atomic E-state index is 5.38. The molecular formula is C13H16N2O2S. The Kier molecular flexibility index (Phi) is 4.17. The molecule has 96 valence electrons. The zero-order valence-electron chi connectivity index (χ0n) is 10.7. The average molecular weight is 264 g/mol. The van der Waals surface area contributed by atoms with E-state index in [2.05, 4.69) is 10.3 Å². The molecule has 0 fully saturated rings. The Balaban J connectivity index is 2.36. The van der Waals surface area contributed by atoms with Gasteiger partial charge < -0.3 is 14.8 Å². The van der Waals surface area contributed by atoms with E-state index in [0.717, 1.165) is 28.6 Å². The van der Waals surface area contributed by atoms with Gasteiger partial charge in [0.05, 0.1) is 19.8 Å². The number of rotatable bonds is 5. The van der Waals surface area contributed by atoms with E-state index in [1.54, 1.807) is 25.6 Å². The Morgan fingerprint density at radius 2 is 2.11 bits per heavy atom. The molecule has 5 heteroatoms. The van der Waals surface area contributed by atoms with Crippen LogP contribution in [0.3, 0.4) is 0 Å². The van der Waals surface area contributed by atoms with Gasteiger partial charge in [0.2, 0.25) is 0 Å². The molecule has 0 bridgehead atoms. The van der Waals surface area contributed by atoms with Crippen molar-refractivity contribution >= 4 is 11.3 Å². The summed E-state index contributed by atoms with van der Waals surface area (Å²) in [7, 11) is 5.22. The second-order valence-corrected chi connectivity index (χ2v) is 4.84. The molecule has 0 atom stereocenters. The SMILES string of the molecule is CNCc1cnc(-c2ccc(OC)cc2OC)s1. The van der Waals surface area contributed by atoms with Gasteiger partial charge >= 0.3 is 0 Å². The predicted molar refractivity (Wildman–Crippen MR) is 73.4 cm³/mol. The fourth-order valence-electron chi connectivity index (χ4n) is 1.66. The topological polar surface area (TPSA) is 43.4 Å². The van der Waals surface area contributed by atoms with E-state index in [9.17, 15) is 0 Å². The first kappa shape index (κ1) is 12.9. The fraction of sp³-hybridized carbons (Fsp3) is 0.308. The van der Waals surface area contributed by atoms with Gasteiger partial charge in [-0.25, -0.2) is 4.98 Å². The summed E-state index contributed by atoms with van der Waals surface area (Å²) in [6.45, 7) is 0.830. The number of hydrogen-bond acceptors (Lipinski definition) is 5. The number of hydrogen-bond donors (Lipinski definition) is 1. The normalized spacial score (nSPS) is 10.4. The van der Waals surface area contributed by atoms with Crippen molar-refractivity contribution in [3.63, 3.8) is 0 Å². The van der Waals surface area contributed by atoms with Crippen LogP contribution in [0.25, 0.3) is 10.6 Å². The van der Waals surface area contributed by atoms with Crippen molar-refractivity contribution in [2.24, 2.45) is 0 Å². The second kappa shape index (κ2) is 5.84. The van der Waals surface area contributed by atoms with E-state index in [1.165, 1.54) is 4.88 Å². The summed E-state index contributed by atoms with van der Waals surface area (Å²) >= 11 is 1.66. The third kappa shape index (κ3) is 2.63. The first-order valence-corrected chi connectivity index (χ1v) is 6.42. The lowest BCUT2D eigenvalue weighted by atomic mass is 10.2. The zero-order chi connectivity index (χ0) is 13.0. The third-order valence-corrected chi connectivity index (χ3v) is 3.57. The minimum absolute atomic E-state index is 0.778. The van der Waals surface area contributed by atoms with E-state index < -0.39 is 0 Å². The Morgan fingerprint density at radius 3 is 2.78 bits per heavy atom. The molecule has 0 aliphatic rings. The predicted octanol–water partition coefficient (Wildman–Crippen LogP) is 2.55. The molecule has 0 aliphatic heterocycles. The summed E-state index contributed by atoms with van der Waals surface area (Å²) < 4.78 is 10.6. The molecule has 1 N–H and O–H groups in total. The summed E-state index contributed by atoms with van der Waals surface area (Å²) in [6.07, 6.45) is 1.89. The van der Waals surface area contributed by atoms with Crippen molar-refractivity contribution in [3.05, 3.63) is 29.3 Å². The molecular weight excluding hydrogens is 248 g/mol. The molecule has 0 amide bonds. The Hall–Kier alpha value is -1.59. The zero-order valence-corrected chi connectivity index (χ0v) is 11.5. The summed E-state index contributed by atoms with van der Waals surface area (Å²) in [5, 5.41) is 4.07. The van der Waals surface area contributed by atoms with E-state index in [1.807, 2.05) is 31.4 Å². The lowest BCUT2D eigenvalue weighted by Crippen LogP contribution is -2.02. The summed E-state index contributed by atoms with van der Waals surface area (Å²) in [5.74, 6) is 1.56. The number of ether oxygens (including phenoxy) is 2. The number of benzene rings is 1. The van der Waals surface area contributed by atoms with Crippen molar-refractivity contribution < 1.29 is 9.47 Å². The largest absolute Gasteiger partial charge is 0.497 e. The molecule has 4 nitrogen and oxygen atoms in total. The van der Waals surface area contributed by atoms with Gasteiger partial charge in [-0.05, 0) is 19.2 Å². The van der Waals surface area contributed by atoms with Crippen LogP contribution in [0, 0.1) is 0 Å². The quantitative estimate of drug-likeness (QED) is 0.901. The lowest BCUT2D eigenvalue weighted by molar-refractivity contribution is 0.395. The molecule has 0 aliphatic carbocycles. The second-order valence-electron chi connectivity index (χ2n) is 3.73. The van der Waals surface area contributed by atoms with Crippen molar-refractivity contribution in [1.29, 1.82) is 0 Å². The van der Waals surface area contributed by atoms with Gasteiger partial charge in [-0.1, -0.05) is 0 Å². The minimum atomic E-state index is 0.778. The van der Waals surface area contributed by atoms with E-state index in [4.69, 9.17) is 9.47 Å². The number of methoxy groups -OCH3 is 2. The monoisotopic (exact) mass is 264 g/mol. The third-order valence-electron chi connectivity index (χ3n) is 2.54. The molecule has 0 spiro atoms. The number of aromatic nitrogens is 1. The molecule has 2 rings (SSSR count). The standard InChI is InChI=1S/C13H16N2O2S/c1-14-7-10-8-15-13(18-10)11-5-4-9(16-2)6-12(11)17-3/h4-6,8,14H,7H2,1-3H3. The van der Waals surface area contributed by atoms with Gasteiger partial charge in [-0.2, -0.15) is 0 Å². The summed E-state index contributed by atoms with van der Waals surface area (Å²) in [4.78, 5) is 5.63. The van der Waals surface area contributed by atoms with Crippen LogP contribution in [0.15, 0.2) is 24.4 Å². The molecule has 2 aromatic rings. The highest BCUT2D eigenvalue weighted by Gasteiger charge is 2.11. The maximum Gasteiger partial charge on any atom is 0.132 e. The van der Waals surface area contributed by atoms with Crippen LogP contribution in [-0.2, 0) is 6.54 Å². The van der Waals surface area contributed by atoms with Gasteiger partial charge in [0.1, 0.15) is 16.5 Å². The van der Waals surface area contributed by atoms with E-state index in [-0.39, 0.29) is 0 Å². The number of nitrogens with one attached hydrogen (secondary N) is 1. The Bertz CT molecular complexity index is 525. The van der Waals surface area contributed by atoms with Crippen molar-refractivity contribution in [1.82, 2.24) is 10.3 Å². The molecule has 0 radical (unpaired) electrons. The van der Waals surface area contributed by atoms with Crippen molar-refractivity contribution in [2.45, 2.75) is 6.54 Å². The van der Waals surface area contributed by atoms with E-state index in [0.29, 0.717) is 0 Å². The molecule has 1 aromatic carbocycles. The summed E-state index contributed by atoms with van der Waals surface area (Å²) in [5.41, 5.74) is 0.991. The highest BCUT2D eigenvalue weighted by Crippen LogP contribution is 2.35. The number of thiazole rings is 1. The maximum absolute atomic E-state index is 5.38. The Labute approximate surface area is 111 Å². The first-order valence-electron chi connectivity index (χ1n) is 5.60. The van der Waals surface area contributed by atoms with Gasteiger partial charge in [0.15, 0.2) is 0 Å². The van der Waals surface area contributed by atoms with Crippen LogP contribution < -0.4 is 14.8 Å². The summed E-state index contributed by atoms with van der Waals surface area (Å²) in [6, 6.07) is 5.76. The molecule has 0 saturated heterocycles. The van der Waals surface area contributed by atoms with Crippen LogP contribution in [0.2, 0.25) is 0 Å². The van der Waals surface area contributed by atoms with Crippen LogP contribution in [0.4, 0.5) is 0 Å². The van der Waals surface area contributed by atoms with Crippen molar-refractivity contribution in [3.8, 4) is 22.1 Å². The van der Waals surface area contributed by atoms with Crippen LogP contribution in [0.1, 0.15) is 4.88 Å². The van der Waals surface area contributed by atoms with Gasteiger partial charge in [-0.3, -0.25) is 0 Å². The van der Waals surface area contributed by atoms with E-state index >= 15 is 0 Å². The fourth-order valence-corrected chi connectivity index (χ4v) is 2.62. The van der Waals surface area contributed by atoms with Gasteiger partial charge in [0.25, 0.3) is 0 Å². The minimum Gasteiger partial charge on any atom is -0.497 e. The molecule has 0 unspecified atom stereocenters. The highest BCUT2D eigenvalue weighted by atomic mass is 32.1. The number of nitrogens with zero attached hydrogens (tertiary/aromatic N) is 1. The Morgan fingerprint density at radius 1 is 1.28 bits per heavy atom. The smallest absolute Gasteiger partial charge is 0.132 e. The van der Waals surface area contributed by atoms with Crippen molar-refractivity contribution in [2.75, 3.05) is 21.3 Å². The molecule has 18 heavy (non-hydrogen) atoms. The van der Waals surface area contributed by atoms with Gasteiger partial charge in [0, 0.05) is 23.7 Å². The van der Waals surface area contributed by atoms with Crippen LogP contribution in [0.5, 0.6) is 11.5 Å². The van der Waals surface area contributed by atoms with Gasteiger partial charge in [-0.15, -0.1) is 11.3 Å². The first-order chi connectivity index (χ1) is 8.78. The highest BCUT2D eigenvalue weighted by molar-refractivity contribution is 7.15. The molecule has 0 saturated carbocycles. The van der Waals surface area contributed by atoms with Crippen LogP contribution in [-0.4, -0.2) is 26.3 Å². The lowest BCUT2D eigenvalue weighted by Gasteiger charge is -2.08. The molecule has 1 heterocycles. The van der Waals surface area contributed by atoms with Crippen LogP contribution >= 0.6 is 11.3 Å². The molecule has 1 aromatic heterocycles. The average Bonchev–Trinajstić information content (AvgIpc) is 2.87.